The number of carboxylic acid groups (broad SMARTS) is 1. The highest BCUT2D eigenvalue weighted by atomic mass is 16.5. The summed E-state index contributed by atoms with van der Waals surface area (Å²) in [5.41, 5.74) is 1.27. The number of hydrogen-bond donors (Lipinski definition) is 3. The Morgan fingerprint density at radius 2 is 2.17 bits per heavy atom. The SMILES string of the molecule is C=C(CC(=O)NC1Cc2cccc(C(=O)O)c2OB1O)N(C)C. The molecule has 0 saturated carbocycles. The van der Waals surface area contributed by atoms with Crippen LogP contribution < -0.4 is 9.97 Å². The van der Waals surface area contributed by atoms with Crippen molar-refractivity contribution >= 4 is 19.0 Å². The second kappa shape index (κ2) is 6.74. The summed E-state index contributed by atoms with van der Waals surface area (Å²) in [4.78, 5) is 24.9. The molecule has 0 bridgehead atoms. The molecule has 0 radical (unpaired) electrons. The van der Waals surface area contributed by atoms with Crippen LogP contribution in [0.25, 0.3) is 0 Å². The molecule has 8 heteroatoms. The third kappa shape index (κ3) is 3.84. The summed E-state index contributed by atoms with van der Waals surface area (Å²) in [7, 11) is 2.27. The molecule has 122 valence electrons. The summed E-state index contributed by atoms with van der Waals surface area (Å²) < 4.78 is 5.32. The number of rotatable bonds is 5. The molecule has 1 aliphatic heterocycles. The number of para-hydroxylation sites is 1. The van der Waals surface area contributed by atoms with Crippen molar-refractivity contribution in [2.24, 2.45) is 0 Å². The standard InChI is InChI=1S/C15H19BN2O5/c1-9(18(2)3)7-13(19)17-12-8-10-5-4-6-11(15(20)21)14(10)23-16(12)22/h4-6,12,22H,1,7-8H2,2-3H3,(H,17,19)(H,20,21). The molecular formula is C15H19BN2O5. The Morgan fingerprint density at radius 1 is 1.48 bits per heavy atom. The van der Waals surface area contributed by atoms with E-state index in [9.17, 15) is 14.6 Å². The van der Waals surface area contributed by atoms with Crippen LogP contribution in [-0.2, 0) is 11.2 Å². The average Bonchev–Trinajstić information content (AvgIpc) is 2.47. The van der Waals surface area contributed by atoms with Crippen LogP contribution in [0.4, 0.5) is 0 Å². The van der Waals surface area contributed by atoms with Crippen LogP contribution in [0.15, 0.2) is 30.5 Å². The highest BCUT2D eigenvalue weighted by molar-refractivity contribution is 6.47. The van der Waals surface area contributed by atoms with Crippen molar-refractivity contribution in [1.29, 1.82) is 0 Å². The summed E-state index contributed by atoms with van der Waals surface area (Å²) in [5, 5.41) is 21.9. The maximum absolute atomic E-state index is 12.0. The molecule has 1 aliphatic rings. The van der Waals surface area contributed by atoms with Crippen molar-refractivity contribution < 1.29 is 24.4 Å². The van der Waals surface area contributed by atoms with Crippen LogP contribution in [0.2, 0.25) is 0 Å². The van der Waals surface area contributed by atoms with Crippen LogP contribution in [0.3, 0.4) is 0 Å². The van der Waals surface area contributed by atoms with E-state index in [-0.39, 0.29) is 30.1 Å². The highest BCUT2D eigenvalue weighted by Gasteiger charge is 2.37. The van der Waals surface area contributed by atoms with Gasteiger partial charge < -0.3 is 25.0 Å². The van der Waals surface area contributed by atoms with Crippen molar-refractivity contribution in [2.75, 3.05) is 14.1 Å². The van der Waals surface area contributed by atoms with Crippen LogP contribution >= 0.6 is 0 Å². The monoisotopic (exact) mass is 318 g/mol. The molecule has 0 spiro atoms. The van der Waals surface area contributed by atoms with Gasteiger partial charge in [-0.05, 0) is 18.1 Å². The van der Waals surface area contributed by atoms with Gasteiger partial charge in [-0.1, -0.05) is 18.7 Å². The zero-order chi connectivity index (χ0) is 17.1. The molecule has 1 amide bonds. The van der Waals surface area contributed by atoms with Crippen LogP contribution in [0.5, 0.6) is 5.75 Å². The van der Waals surface area contributed by atoms with Crippen molar-refractivity contribution in [3.63, 3.8) is 0 Å². The predicted octanol–water partition coefficient (Wildman–Crippen LogP) is 0.290. The van der Waals surface area contributed by atoms with Crippen molar-refractivity contribution in [3.8, 4) is 5.75 Å². The largest absolute Gasteiger partial charge is 0.547 e. The number of nitrogens with zero attached hydrogens (tertiary/aromatic N) is 1. The molecule has 1 heterocycles. The number of nitrogens with one attached hydrogen (secondary N) is 1. The fraction of sp³-hybridized carbons (Fsp3) is 0.333. The fourth-order valence-corrected chi connectivity index (χ4v) is 2.32. The lowest BCUT2D eigenvalue weighted by Crippen LogP contribution is -2.53. The highest BCUT2D eigenvalue weighted by Crippen LogP contribution is 2.30. The minimum absolute atomic E-state index is 0.00712. The zero-order valence-electron chi connectivity index (χ0n) is 13.1. The Bertz CT molecular complexity index is 647. The molecule has 0 aliphatic carbocycles. The van der Waals surface area contributed by atoms with Gasteiger partial charge in [0, 0.05) is 19.8 Å². The van der Waals surface area contributed by atoms with Crippen LogP contribution in [-0.4, -0.2) is 54.1 Å². The number of fused-ring (bicyclic) bond motifs is 1. The van der Waals surface area contributed by atoms with E-state index in [4.69, 9.17) is 9.76 Å². The first-order valence-electron chi connectivity index (χ1n) is 7.14. The molecule has 23 heavy (non-hydrogen) atoms. The smallest absolute Gasteiger partial charge is 0.534 e. The van der Waals surface area contributed by atoms with E-state index in [1.807, 2.05) is 0 Å². The number of carbonyl (C=O) groups is 2. The van der Waals surface area contributed by atoms with Crippen molar-refractivity contribution in [1.82, 2.24) is 10.2 Å². The van der Waals surface area contributed by atoms with Crippen molar-refractivity contribution in [3.05, 3.63) is 41.6 Å². The Balaban J connectivity index is 2.10. The minimum atomic E-state index is -1.31. The van der Waals surface area contributed by atoms with E-state index < -0.39 is 19.0 Å². The van der Waals surface area contributed by atoms with Gasteiger partial charge in [0.05, 0.1) is 17.9 Å². The molecule has 1 aromatic carbocycles. The normalized spacial score (nSPS) is 16.1. The third-order valence-corrected chi connectivity index (χ3v) is 3.69. The van der Waals surface area contributed by atoms with E-state index in [1.165, 1.54) is 6.07 Å². The predicted molar refractivity (Wildman–Crippen MR) is 85.1 cm³/mol. The van der Waals surface area contributed by atoms with E-state index in [0.717, 1.165) is 0 Å². The number of amides is 1. The molecule has 2 rings (SSSR count). The Morgan fingerprint density at radius 3 is 2.78 bits per heavy atom. The van der Waals surface area contributed by atoms with Gasteiger partial charge in [-0.2, -0.15) is 0 Å². The Kier molecular flexibility index (Phi) is 4.95. The van der Waals surface area contributed by atoms with Crippen LogP contribution in [0, 0.1) is 0 Å². The maximum atomic E-state index is 12.0. The lowest BCUT2D eigenvalue weighted by molar-refractivity contribution is -0.121. The second-order valence-corrected chi connectivity index (χ2v) is 5.62. The summed E-state index contributed by atoms with van der Waals surface area (Å²) in [6.45, 7) is 3.78. The summed E-state index contributed by atoms with van der Waals surface area (Å²) in [6, 6.07) is 4.73. The first-order valence-corrected chi connectivity index (χ1v) is 7.14. The molecular weight excluding hydrogens is 299 g/mol. The molecule has 7 nitrogen and oxygen atoms in total. The van der Waals surface area contributed by atoms with E-state index in [1.54, 1.807) is 31.1 Å². The number of carbonyl (C=O) groups excluding carboxylic acids is 1. The molecule has 1 unspecified atom stereocenters. The van der Waals surface area contributed by atoms with Gasteiger partial charge in [0.1, 0.15) is 5.75 Å². The van der Waals surface area contributed by atoms with E-state index in [2.05, 4.69) is 11.9 Å². The van der Waals surface area contributed by atoms with E-state index >= 15 is 0 Å². The van der Waals surface area contributed by atoms with Crippen molar-refractivity contribution in [2.45, 2.75) is 18.8 Å². The van der Waals surface area contributed by atoms with Gasteiger partial charge in [-0.25, -0.2) is 4.79 Å². The average molecular weight is 318 g/mol. The quantitative estimate of drug-likeness (QED) is 0.675. The molecule has 3 N–H and O–H groups in total. The topological polar surface area (TPSA) is 99.1 Å². The second-order valence-electron chi connectivity index (χ2n) is 5.62. The number of benzene rings is 1. The summed E-state index contributed by atoms with van der Waals surface area (Å²) >= 11 is 0. The Labute approximate surface area is 134 Å². The summed E-state index contributed by atoms with van der Waals surface area (Å²) in [5.74, 6) is -1.90. The van der Waals surface area contributed by atoms with Gasteiger partial charge >= 0.3 is 13.1 Å². The maximum Gasteiger partial charge on any atom is 0.547 e. The molecule has 1 atom stereocenters. The first-order chi connectivity index (χ1) is 10.8. The van der Waals surface area contributed by atoms with E-state index in [0.29, 0.717) is 11.3 Å². The lowest BCUT2D eigenvalue weighted by Gasteiger charge is -2.29. The number of carboxylic acids is 1. The molecule has 0 fully saturated rings. The number of hydrogen-bond acceptors (Lipinski definition) is 5. The minimum Gasteiger partial charge on any atom is -0.534 e. The van der Waals surface area contributed by atoms with Gasteiger partial charge in [0.25, 0.3) is 0 Å². The molecule has 0 aromatic heterocycles. The van der Waals surface area contributed by atoms with Crippen LogP contribution in [0.1, 0.15) is 22.3 Å². The number of aromatic carboxylic acids is 1. The zero-order valence-corrected chi connectivity index (χ0v) is 13.1. The van der Waals surface area contributed by atoms with Gasteiger partial charge in [0.15, 0.2) is 0 Å². The first kappa shape index (κ1) is 16.9. The molecule has 0 saturated heterocycles. The van der Waals surface area contributed by atoms with Gasteiger partial charge in [-0.15, -0.1) is 0 Å². The summed E-state index contributed by atoms with van der Waals surface area (Å²) in [6.07, 6.45) is 0.399. The lowest BCUT2D eigenvalue weighted by atomic mass is 9.72. The van der Waals surface area contributed by atoms with Gasteiger partial charge in [0.2, 0.25) is 5.91 Å². The van der Waals surface area contributed by atoms with Gasteiger partial charge in [-0.3, -0.25) is 4.79 Å². The third-order valence-electron chi connectivity index (χ3n) is 3.69. The molecule has 1 aromatic rings. The fourth-order valence-electron chi connectivity index (χ4n) is 2.32. The Hall–Kier alpha value is -2.48.